The minimum Gasteiger partial charge on any atom is -0.497 e. The van der Waals surface area contributed by atoms with Crippen LogP contribution >= 0.6 is 0 Å². The van der Waals surface area contributed by atoms with E-state index in [0.29, 0.717) is 18.0 Å². The zero-order valence-corrected chi connectivity index (χ0v) is 10.9. The molecule has 0 saturated carbocycles. The lowest BCUT2D eigenvalue weighted by molar-refractivity contribution is -0.132. The van der Waals surface area contributed by atoms with Gasteiger partial charge in [0.2, 0.25) is 11.8 Å². The summed E-state index contributed by atoms with van der Waals surface area (Å²) in [6.45, 7) is 3.85. The summed E-state index contributed by atoms with van der Waals surface area (Å²) in [6.07, 6.45) is 0. The molecule has 1 N–H and O–H groups in total. The molecule has 1 aromatic rings. The van der Waals surface area contributed by atoms with Crippen LogP contribution in [0.1, 0.15) is 13.8 Å². The number of hydrogen-bond acceptors (Lipinski definition) is 3. The van der Waals surface area contributed by atoms with Gasteiger partial charge >= 0.3 is 0 Å². The zero-order chi connectivity index (χ0) is 13.5. The topological polar surface area (TPSA) is 58.6 Å². The largest absolute Gasteiger partial charge is 0.497 e. The first-order valence-electron chi connectivity index (χ1n) is 5.76. The van der Waals surface area contributed by atoms with Crippen LogP contribution in [0.15, 0.2) is 24.3 Å². The fraction of sp³-hybridized carbons (Fsp3) is 0.385. The smallest absolute Gasteiger partial charge is 0.243 e. The summed E-state index contributed by atoms with van der Waals surface area (Å²) in [5.41, 5.74) is 0.652. The SMILES string of the molecule is CCN(CC(=O)Nc1cccc(OC)c1)C(C)=O. The Bertz CT molecular complexity index is 432. The van der Waals surface area contributed by atoms with Crippen molar-refractivity contribution in [2.75, 3.05) is 25.5 Å². The Morgan fingerprint density at radius 3 is 2.67 bits per heavy atom. The Kier molecular flexibility index (Phi) is 5.17. The van der Waals surface area contributed by atoms with Crippen LogP contribution in [0.25, 0.3) is 0 Å². The Hall–Kier alpha value is -2.04. The van der Waals surface area contributed by atoms with Crippen molar-refractivity contribution in [1.82, 2.24) is 4.90 Å². The van der Waals surface area contributed by atoms with Crippen LogP contribution in [0, 0.1) is 0 Å². The van der Waals surface area contributed by atoms with Crippen molar-refractivity contribution >= 4 is 17.5 Å². The average molecular weight is 250 g/mol. The number of ether oxygens (including phenoxy) is 1. The Balaban J connectivity index is 2.61. The Morgan fingerprint density at radius 2 is 2.11 bits per heavy atom. The number of nitrogens with zero attached hydrogens (tertiary/aromatic N) is 1. The minimum absolute atomic E-state index is 0.0586. The van der Waals surface area contributed by atoms with Crippen LogP contribution in [0.4, 0.5) is 5.69 Å². The lowest BCUT2D eigenvalue weighted by Gasteiger charge is -2.18. The summed E-state index contributed by atoms with van der Waals surface area (Å²) >= 11 is 0. The second kappa shape index (κ2) is 6.64. The lowest BCUT2D eigenvalue weighted by Crippen LogP contribution is -2.36. The molecule has 5 nitrogen and oxygen atoms in total. The predicted octanol–water partition coefficient (Wildman–Crippen LogP) is 1.50. The Morgan fingerprint density at radius 1 is 1.39 bits per heavy atom. The van der Waals surface area contributed by atoms with Crippen LogP contribution in [0.3, 0.4) is 0 Å². The normalized spacial score (nSPS) is 9.72. The van der Waals surface area contributed by atoms with Crippen molar-refractivity contribution in [3.8, 4) is 5.75 Å². The molecule has 1 aromatic carbocycles. The number of amides is 2. The Labute approximate surface area is 107 Å². The quantitative estimate of drug-likeness (QED) is 0.861. The molecular formula is C13H18N2O3. The molecule has 1 rings (SSSR count). The van der Waals surface area contributed by atoms with Gasteiger partial charge in [-0.2, -0.15) is 0 Å². The van der Waals surface area contributed by atoms with E-state index >= 15 is 0 Å². The van der Waals surface area contributed by atoms with Crippen LogP contribution < -0.4 is 10.1 Å². The molecule has 0 aliphatic carbocycles. The molecule has 98 valence electrons. The van der Waals surface area contributed by atoms with E-state index in [2.05, 4.69) is 5.32 Å². The molecule has 2 amide bonds. The van der Waals surface area contributed by atoms with Gasteiger partial charge in [0.25, 0.3) is 0 Å². The fourth-order valence-electron chi connectivity index (χ4n) is 1.52. The summed E-state index contributed by atoms with van der Waals surface area (Å²) in [6, 6.07) is 7.08. The monoisotopic (exact) mass is 250 g/mol. The standard InChI is InChI=1S/C13H18N2O3/c1-4-15(10(2)16)9-13(17)14-11-6-5-7-12(8-11)18-3/h5-8H,4,9H2,1-3H3,(H,14,17). The highest BCUT2D eigenvalue weighted by molar-refractivity contribution is 5.94. The van der Waals surface area contributed by atoms with Crippen molar-refractivity contribution in [2.24, 2.45) is 0 Å². The molecule has 0 heterocycles. The van der Waals surface area contributed by atoms with Gasteiger partial charge in [-0.15, -0.1) is 0 Å². The van der Waals surface area contributed by atoms with E-state index in [1.807, 2.05) is 6.92 Å². The summed E-state index contributed by atoms with van der Waals surface area (Å²) in [5.74, 6) is 0.338. The highest BCUT2D eigenvalue weighted by atomic mass is 16.5. The maximum atomic E-state index is 11.7. The van der Waals surface area contributed by atoms with Gasteiger partial charge in [-0.1, -0.05) is 6.07 Å². The third-order valence-electron chi connectivity index (χ3n) is 2.52. The van der Waals surface area contributed by atoms with Crippen molar-refractivity contribution in [1.29, 1.82) is 0 Å². The van der Waals surface area contributed by atoms with Gasteiger partial charge in [0.15, 0.2) is 0 Å². The van der Waals surface area contributed by atoms with Gasteiger partial charge in [-0.25, -0.2) is 0 Å². The van der Waals surface area contributed by atoms with Crippen LogP contribution in [0.2, 0.25) is 0 Å². The number of likely N-dealkylation sites (N-methyl/N-ethyl adjacent to an activating group) is 1. The zero-order valence-electron chi connectivity index (χ0n) is 10.9. The summed E-state index contributed by atoms with van der Waals surface area (Å²) in [4.78, 5) is 24.4. The first-order chi connectivity index (χ1) is 8.56. The average Bonchev–Trinajstić information content (AvgIpc) is 2.35. The highest BCUT2D eigenvalue weighted by Gasteiger charge is 2.11. The van der Waals surface area contributed by atoms with Gasteiger partial charge in [-0.3, -0.25) is 9.59 Å². The van der Waals surface area contributed by atoms with Gasteiger partial charge in [0.1, 0.15) is 5.75 Å². The van der Waals surface area contributed by atoms with Crippen molar-refractivity contribution in [2.45, 2.75) is 13.8 Å². The first-order valence-corrected chi connectivity index (χ1v) is 5.76. The van der Waals surface area contributed by atoms with E-state index in [-0.39, 0.29) is 18.4 Å². The van der Waals surface area contributed by atoms with Crippen molar-refractivity contribution in [3.63, 3.8) is 0 Å². The van der Waals surface area contributed by atoms with Gasteiger partial charge < -0.3 is 15.0 Å². The molecule has 0 aliphatic heterocycles. The maximum absolute atomic E-state index is 11.7. The van der Waals surface area contributed by atoms with Crippen LogP contribution in [-0.4, -0.2) is 36.9 Å². The number of carbonyl (C=O) groups excluding carboxylic acids is 2. The number of nitrogens with one attached hydrogen (secondary N) is 1. The number of benzene rings is 1. The molecular weight excluding hydrogens is 232 g/mol. The molecule has 5 heteroatoms. The first kappa shape index (κ1) is 14.0. The summed E-state index contributed by atoms with van der Waals surface area (Å²) < 4.78 is 5.06. The second-order valence-electron chi connectivity index (χ2n) is 3.81. The molecule has 0 atom stereocenters. The summed E-state index contributed by atoms with van der Waals surface area (Å²) in [7, 11) is 1.56. The van der Waals surface area contributed by atoms with Crippen molar-refractivity contribution in [3.05, 3.63) is 24.3 Å². The molecule has 0 saturated heterocycles. The van der Waals surface area contributed by atoms with Crippen LogP contribution in [0.5, 0.6) is 5.75 Å². The molecule has 0 aliphatic rings. The molecule has 0 bridgehead atoms. The number of rotatable bonds is 5. The van der Waals surface area contributed by atoms with E-state index in [9.17, 15) is 9.59 Å². The third-order valence-corrected chi connectivity index (χ3v) is 2.52. The van der Waals surface area contributed by atoms with Crippen LogP contribution in [-0.2, 0) is 9.59 Å². The van der Waals surface area contributed by atoms with E-state index in [4.69, 9.17) is 4.74 Å². The maximum Gasteiger partial charge on any atom is 0.243 e. The van der Waals surface area contributed by atoms with Gasteiger partial charge in [0, 0.05) is 25.2 Å². The van der Waals surface area contributed by atoms with Gasteiger partial charge in [-0.05, 0) is 19.1 Å². The molecule has 0 unspecified atom stereocenters. The molecule has 0 aromatic heterocycles. The molecule has 0 spiro atoms. The second-order valence-corrected chi connectivity index (χ2v) is 3.81. The predicted molar refractivity (Wildman–Crippen MR) is 69.6 cm³/mol. The number of methoxy groups -OCH3 is 1. The van der Waals surface area contributed by atoms with E-state index < -0.39 is 0 Å². The summed E-state index contributed by atoms with van der Waals surface area (Å²) in [5, 5.41) is 2.72. The number of anilines is 1. The van der Waals surface area contributed by atoms with Crippen molar-refractivity contribution < 1.29 is 14.3 Å². The highest BCUT2D eigenvalue weighted by Crippen LogP contribution is 2.16. The van der Waals surface area contributed by atoms with E-state index in [1.165, 1.54) is 11.8 Å². The lowest BCUT2D eigenvalue weighted by atomic mass is 10.3. The molecule has 0 radical (unpaired) electrons. The molecule has 18 heavy (non-hydrogen) atoms. The number of carbonyl (C=O) groups is 2. The molecule has 0 fully saturated rings. The number of hydrogen-bond donors (Lipinski definition) is 1. The minimum atomic E-state index is -0.222. The fourth-order valence-corrected chi connectivity index (χ4v) is 1.52. The van der Waals surface area contributed by atoms with Gasteiger partial charge in [0.05, 0.1) is 13.7 Å². The van der Waals surface area contributed by atoms with E-state index in [1.54, 1.807) is 31.4 Å². The van der Waals surface area contributed by atoms with E-state index in [0.717, 1.165) is 0 Å². The third kappa shape index (κ3) is 4.08.